The Kier molecular flexibility index (Phi) is 5.07. The van der Waals surface area contributed by atoms with Gasteiger partial charge in [-0.2, -0.15) is 0 Å². The fourth-order valence-corrected chi connectivity index (χ4v) is 2.12. The molecule has 1 rings (SSSR count). The molecule has 1 aliphatic carbocycles. The summed E-state index contributed by atoms with van der Waals surface area (Å²) in [7, 11) is 0. The van der Waals surface area contributed by atoms with E-state index in [1.807, 2.05) is 0 Å². The van der Waals surface area contributed by atoms with Crippen LogP contribution in [0.3, 0.4) is 0 Å². The Balaban J connectivity index is 2.19. The molecule has 90 valence electrons. The highest BCUT2D eigenvalue weighted by atomic mass is 16.5. The van der Waals surface area contributed by atoms with E-state index in [0.29, 0.717) is 6.10 Å². The van der Waals surface area contributed by atoms with Gasteiger partial charge >= 0.3 is 0 Å². The van der Waals surface area contributed by atoms with Crippen molar-refractivity contribution in [3.05, 3.63) is 0 Å². The predicted molar refractivity (Wildman–Crippen MR) is 64.8 cm³/mol. The van der Waals surface area contributed by atoms with Crippen LogP contribution in [0.25, 0.3) is 0 Å². The number of rotatable bonds is 5. The van der Waals surface area contributed by atoms with Crippen molar-refractivity contribution < 1.29 is 4.74 Å². The van der Waals surface area contributed by atoms with Crippen LogP contribution in [0.4, 0.5) is 0 Å². The third-order valence-corrected chi connectivity index (χ3v) is 3.70. The third-order valence-electron chi connectivity index (χ3n) is 3.70. The minimum atomic E-state index is 0.234. The first kappa shape index (κ1) is 13.0. The zero-order valence-corrected chi connectivity index (χ0v) is 10.6. The first-order chi connectivity index (χ1) is 7.05. The fourth-order valence-electron chi connectivity index (χ4n) is 2.12. The molecule has 0 amide bonds. The molecule has 1 aliphatic rings. The van der Waals surface area contributed by atoms with Crippen LogP contribution < -0.4 is 5.73 Å². The number of ether oxygens (including phenoxy) is 1. The predicted octanol–water partition coefficient (Wildman–Crippen LogP) is 2.96. The van der Waals surface area contributed by atoms with Gasteiger partial charge in [0.15, 0.2) is 0 Å². The average Bonchev–Trinajstić information content (AvgIpc) is 2.21. The quantitative estimate of drug-likeness (QED) is 0.762. The maximum absolute atomic E-state index is 5.98. The van der Waals surface area contributed by atoms with Gasteiger partial charge in [-0.05, 0) is 37.1 Å². The summed E-state index contributed by atoms with van der Waals surface area (Å²) in [5, 5.41) is 0. The fraction of sp³-hybridized carbons (Fsp3) is 1.00. The normalized spacial score (nSPS) is 28.0. The molecule has 0 saturated heterocycles. The summed E-state index contributed by atoms with van der Waals surface area (Å²) in [5.74, 6) is 0.750. The van der Waals surface area contributed by atoms with E-state index in [0.717, 1.165) is 25.5 Å². The molecule has 0 aliphatic heterocycles. The lowest BCUT2D eigenvalue weighted by molar-refractivity contribution is -0.0152. The summed E-state index contributed by atoms with van der Waals surface area (Å²) in [4.78, 5) is 0. The van der Waals surface area contributed by atoms with Crippen molar-refractivity contribution in [2.24, 2.45) is 17.1 Å². The van der Waals surface area contributed by atoms with Gasteiger partial charge in [0.05, 0.1) is 6.10 Å². The van der Waals surface area contributed by atoms with Crippen molar-refractivity contribution in [2.75, 3.05) is 13.2 Å². The molecule has 1 fully saturated rings. The summed E-state index contributed by atoms with van der Waals surface area (Å²) >= 11 is 0. The van der Waals surface area contributed by atoms with Crippen molar-refractivity contribution >= 4 is 0 Å². The van der Waals surface area contributed by atoms with Gasteiger partial charge in [0, 0.05) is 6.61 Å². The van der Waals surface area contributed by atoms with Crippen LogP contribution >= 0.6 is 0 Å². The van der Waals surface area contributed by atoms with Gasteiger partial charge in [0.1, 0.15) is 0 Å². The Morgan fingerprint density at radius 2 is 1.93 bits per heavy atom. The van der Waals surface area contributed by atoms with Gasteiger partial charge in [-0.25, -0.2) is 0 Å². The van der Waals surface area contributed by atoms with E-state index >= 15 is 0 Å². The molecular weight excluding hydrogens is 186 g/mol. The molecule has 0 aromatic rings. The van der Waals surface area contributed by atoms with Crippen molar-refractivity contribution in [1.82, 2.24) is 0 Å². The minimum Gasteiger partial charge on any atom is -0.378 e. The Labute approximate surface area is 94.6 Å². The van der Waals surface area contributed by atoms with Crippen molar-refractivity contribution in [3.63, 3.8) is 0 Å². The standard InChI is InChI=1S/C13H27NO/c1-11-6-4-5-7-12(11)15-9-8-13(2,3)10-14/h11-12H,4-10,14H2,1-3H3. The molecule has 2 heteroatoms. The first-order valence-electron chi connectivity index (χ1n) is 6.37. The second kappa shape index (κ2) is 5.86. The van der Waals surface area contributed by atoms with Crippen molar-refractivity contribution in [2.45, 2.75) is 59.0 Å². The van der Waals surface area contributed by atoms with E-state index in [1.54, 1.807) is 0 Å². The molecule has 2 nitrogen and oxygen atoms in total. The molecule has 2 unspecified atom stereocenters. The SMILES string of the molecule is CC1CCCCC1OCCC(C)(C)CN. The molecule has 2 atom stereocenters. The zero-order valence-electron chi connectivity index (χ0n) is 10.6. The van der Waals surface area contributed by atoms with Crippen molar-refractivity contribution in [1.29, 1.82) is 0 Å². The number of hydrogen-bond donors (Lipinski definition) is 1. The lowest BCUT2D eigenvalue weighted by Crippen LogP contribution is -2.29. The Hall–Kier alpha value is -0.0800. The average molecular weight is 213 g/mol. The molecule has 0 aromatic carbocycles. The highest BCUT2D eigenvalue weighted by Crippen LogP contribution is 2.27. The Morgan fingerprint density at radius 1 is 1.27 bits per heavy atom. The van der Waals surface area contributed by atoms with E-state index in [2.05, 4.69) is 20.8 Å². The molecule has 0 bridgehead atoms. The molecule has 2 N–H and O–H groups in total. The smallest absolute Gasteiger partial charge is 0.0600 e. The van der Waals surface area contributed by atoms with Crippen LogP contribution in [-0.4, -0.2) is 19.3 Å². The van der Waals surface area contributed by atoms with Gasteiger partial charge in [-0.1, -0.05) is 33.6 Å². The first-order valence-corrected chi connectivity index (χ1v) is 6.37. The second-order valence-corrected chi connectivity index (χ2v) is 5.79. The van der Waals surface area contributed by atoms with Crippen LogP contribution in [0.1, 0.15) is 52.9 Å². The molecule has 0 radical (unpaired) electrons. The highest BCUT2D eigenvalue weighted by molar-refractivity contribution is 4.74. The summed E-state index contributed by atoms with van der Waals surface area (Å²) in [6.45, 7) is 8.36. The Morgan fingerprint density at radius 3 is 2.53 bits per heavy atom. The third kappa shape index (κ3) is 4.52. The van der Waals surface area contributed by atoms with Gasteiger partial charge in [-0.3, -0.25) is 0 Å². The lowest BCUT2D eigenvalue weighted by atomic mass is 9.87. The van der Waals surface area contributed by atoms with E-state index in [-0.39, 0.29) is 5.41 Å². The molecule has 1 saturated carbocycles. The molecule has 0 aromatic heterocycles. The van der Waals surface area contributed by atoms with Crippen LogP contribution in [0.15, 0.2) is 0 Å². The van der Waals surface area contributed by atoms with Crippen LogP contribution in [0, 0.1) is 11.3 Å². The second-order valence-electron chi connectivity index (χ2n) is 5.79. The Bertz CT molecular complexity index is 179. The zero-order chi connectivity index (χ0) is 11.3. The van der Waals surface area contributed by atoms with Gasteiger partial charge in [-0.15, -0.1) is 0 Å². The highest BCUT2D eigenvalue weighted by Gasteiger charge is 2.23. The molecular formula is C13H27NO. The monoisotopic (exact) mass is 213 g/mol. The molecule has 0 spiro atoms. The van der Waals surface area contributed by atoms with Crippen LogP contribution in [-0.2, 0) is 4.74 Å². The lowest BCUT2D eigenvalue weighted by Gasteiger charge is -2.30. The maximum Gasteiger partial charge on any atom is 0.0600 e. The largest absolute Gasteiger partial charge is 0.378 e. The maximum atomic E-state index is 5.98. The van der Waals surface area contributed by atoms with Crippen molar-refractivity contribution in [3.8, 4) is 0 Å². The summed E-state index contributed by atoms with van der Waals surface area (Å²) in [6, 6.07) is 0. The van der Waals surface area contributed by atoms with E-state index in [4.69, 9.17) is 10.5 Å². The number of hydrogen-bond acceptors (Lipinski definition) is 2. The molecule has 15 heavy (non-hydrogen) atoms. The van der Waals surface area contributed by atoms with Crippen LogP contribution in [0.2, 0.25) is 0 Å². The minimum absolute atomic E-state index is 0.234. The van der Waals surface area contributed by atoms with E-state index < -0.39 is 0 Å². The summed E-state index contributed by atoms with van der Waals surface area (Å²) in [5.41, 5.74) is 5.93. The summed E-state index contributed by atoms with van der Waals surface area (Å²) < 4.78 is 5.98. The summed E-state index contributed by atoms with van der Waals surface area (Å²) in [6.07, 6.45) is 6.90. The topological polar surface area (TPSA) is 35.2 Å². The molecule has 0 heterocycles. The number of nitrogens with two attached hydrogens (primary N) is 1. The van der Waals surface area contributed by atoms with Gasteiger partial charge in [0.25, 0.3) is 0 Å². The van der Waals surface area contributed by atoms with Crippen LogP contribution in [0.5, 0.6) is 0 Å². The van der Waals surface area contributed by atoms with E-state index in [1.165, 1.54) is 25.7 Å². The van der Waals surface area contributed by atoms with Gasteiger partial charge in [0.2, 0.25) is 0 Å². The van der Waals surface area contributed by atoms with Gasteiger partial charge < -0.3 is 10.5 Å². The van der Waals surface area contributed by atoms with E-state index in [9.17, 15) is 0 Å².